The lowest BCUT2D eigenvalue weighted by Gasteiger charge is -2.13. The molecule has 2 atom stereocenters. The first-order chi connectivity index (χ1) is 9.71. The van der Waals surface area contributed by atoms with E-state index in [2.05, 4.69) is 27.6 Å². The molecule has 1 aliphatic rings. The van der Waals surface area contributed by atoms with Crippen molar-refractivity contribution in [2.75, 3.05) is 23.9 Å². The number of nitrogens with two attached hydrogens (primary N) is 1. The van der Waals surface area contributed by atoms with E-state index >= 15 is 0 Å². The third-order valence-electron chi connectivity index (χ3n) is 3.73. The zero-order valence-electron chi connectivity index (χ0n) is 12.4. The van der Waals surface area contributed by atoms with Crippen LogP contribution in [-0.2, 0) is 11.3 Å². The van der Waals surface area contributed by atoms with Crippen LogP contribution in [0.2, 0.25) is 0 Å². The lowest BCUT2D eigenvalue weighted by Crippen LogP contribution is -2.16. The number of hydrogen-bond acceptors (Lipinski definition) is 6. The van der Waals surface area contributed by atoms with Gasteiger partial charge < -0.3 is 15.5 Å². The standard InChI is InChI=1S/C14H25N5O/c1-3-20-9-14-17-12(7-13(18-14)19-15)16-8-11-5-4-10(2)6-11/h7,10-11H,3-6,8-9,15H2,1-2H3,(H2,16,17,18,19). The molecule has 1 fully saturated rings. The van der Waals surface area contributed by atoms with Crippen molar-refractivity contribution in [3.05, 3.63) is 11.9 Å². The van der Waals surface area contributed by atoms with Crippen molar-refractivity contribution >= 4 is 11.6 Å². The van der Waals surface area contributed by atoms with Crippen LogP contribution in [0.4, 0.5) is 11.6 Å². The summed E-state index contributed by atoms with van der Waals surface area (Å²) in [5.74, 6) is 9.09. The molecule has 0 saturated heterocycles. The summed E-state index contributed by atoms with van der Waals surface area (Å²) < 4.78 is 5.34. The summed E-state index contributed by atoms with van der Waals surface area (Å²) in [5, 5.41) is 3.40. The molecule has 4 N–H and O–H groups in total. The molecule has 1 heterocycles. The smallest absolute Gasteiger partial charge is 0.158 e. The van der Waals surface area contributed by atoms with Gasteiger partial charge in [-0.2, -0.15) is 0 Å². The van der Waals surface area contributed by atoms with Gasteiger partial charge in [-0.1, -0.05) is 13.3 Å². The highest BCUT2D eigenvalue weighted by molar-refractivity contribution is 5.46. The average molecular weight is 279 g/mol. The zero-order valence-corrected chi connectivity index (χ0v) is 12.4. The first-order valence-corrected chi connectivity index (χ1v) is 7.37. The Balaban J connectivity index is 1.95. The number of rotatable bonds is 7. The first-order valence-electron chi connectivity index (χ1n) is 7.37. The summed E-state index contributed by atoms with van der Waals surface area (Å²) >= 11 is 0. The van der Waals surface area contributed by atoms with E-state index in [-0.39, 0.29) is 0 Å². The Morgan fingerprint density at radius 3 is 2.80 bits per heavy atom. The van der Waals surface area contributed by atoms with Gasteiger partial charge in [0.25, 0.3) is 0 Å². The molecule has 1 saturated carbocycles. The van der Waals surface area contributed by atoms with Gasteiger partial charge in [0, 0.05) is 19.2 Å². The van der Waals surface area contributed by atoms with Crippen molar-refractivity contribution < 1.29 is 4.74 Å². The van der Waals surface area contributed by atoms with Gasteiger partial charge in [0.15, 0.2) is 5.82 Å². The second-order valence-corrected chi connectivity index (χ2v) is 5.50. The number of nitrogen functional groups attached to an aromatic ring is 1. The van der Waals surface area contributed by atoms with Crippen LogP contribution in [0, 0.1) is 11.8 Å². The minimum absolute atomic E-state index is 0.404. The summed E-state index contributed by atoms with van der Waals surface area (Å²) in [4.78, 5) is 8.73. The average Bonchev–Trinajstić information content (AvgIpc) is 2.88. The number of hydrogen-bond donors (Lipinski definition) is 3. The van der Waals surface area contributed by atoms with E-state index in [1.165, 1.54) is 19.3 Å². The number of nitrogens with one attached hydrogen (secondary N) is 2. The van der Waals surface area contributed by atoms with Crippen LogP contribution < -0.4 is 16.6 Å². The number of aromatic nitrogens is 2. The van der Waals surface area contributed by atoms with Crippen LogP contribution >= 0.6 is 0 Å². The lowest BCUT2D eigenvalue weighted by molar-refractivity contribution is 0.128. The van der Waals surface area contributed by atoms with Gasteiger partial charge in [-0.15, -0.1) is 0 Å². The van der Waals surface area contributed by atoms with Gasteiger partial charge >= 0.3 is 0 Å². The topological polar surface area (TPSA) is 85.1 Å². The molecule has 0 aliphatic heterocycles. The highest BCUT2D eigenvalue weighted by atomic mass is 16.5. The van der Waals surface area contributed by atoms with E-state index in [1.807, 2.05) is 13.0 Å². The van der Waals surface area contributed by atoms with Crippen LogP contribution in [0.15, 0.2) is 6.07 Å². The Hall–Kier alpha value is -1.40. The van der Waals surface area contributed by atoms with Gasteiger partial charge in [0.1, 0.15) is 18.2 Å². The molecule has 0 amide bonds. The monoisotopic (exact) mass is 279 g/mol. The summed E-state index contributed by atoms with van der Waals surface area (Å²) in [6.07, 6.45) is 3.93. The van der Waals surface area contributed by atoms with E-state index in [9.17, 15) is 0 Å². The van der Waals surface area contributed by atoms with E-state index in [4.69, 9.17) is 10.6 Å². The van der Waals surface area contributed by atoms with Gasteiger partial charge in [0.05, 0.1) is 0 Å². The molecule has 1 aromatic rings. The molecular weight excluding hydrogens is 254 g/mol. The van der Waals surface area contributed by atoms with Crippen molar-refractivity contribution in [3.8, 4) is 0 Å². The van der Waals surface area contributed by atoms with Crippen molar-refractivity contribution in [1.29, 1.82) is 0 Å². The summed E-state index contributed by atoms with van der Waals surface area (Å²) in [6.45, 7) is 6.28. The molecule has 2 rings (SSSR count). The van der Waals surface area contributed by atoms with Crippen LogP contribution in [0.25, 0.3) is 0 Å². The number of ether oxygens (including phenoxy) is 1. The third-order valence-corrected chi connectivity index (χ3v) is 3.73. The number of nitrogens with zero attached hydrogens (tertiary/aromatic N) is 2. The number of anilines is 2. The molecule has 1 aromatic heterocycles. The molecular formula is C14H25N5O. The molecule has 0 radical (unpaired) electrons. The van der Waals surface area contributed by atoms with Crippen molar-refractivity contribution in [2.24, 2.45) is 17.7 Å². The maximum atomic E-state index is 5.44. The second-order valence-electron chi connectivity index (χ2n) is 5.50. The molecule has 0 aromatic carbocycles. The molecule has 2 unspecified atom stereocenters. The maximum absolute atomic E-state index is 5.44. The fourth-order valence-corrected chi connectivity index (χ4v) is 2.68. The number of hydrazine groups is 1. The van der Waals surface area contributed by atoms with Crippen molar-refractivity contribution in [2.45, 2.75) is 39.7 Å². The summed E-state index contributed by atoms with van der Waals surface area (Å²) in [5.41, 5.74) is 2.57. The van der Waals surface area contributed by atoms with Crippen LogP contribution in [0.3, 0.4) is 0 Å². The van der Waals surface area contributed by atoms with Crippen LogP contribution in [-0.4, -0.2) is 23.1 Å². The summed E-state index contributed by atoms with van der Waals surface area (Å²) in [6, 6.07) is 1.83. The highest BCUT2D eigenvalue weighted by Crippen LogP contribution is 2.30. The van der Waals surface area contributed by atoms with E-state index in [1.54, 1.807) is 0 Å². The zero-order chi connectivity index (χ0) is 14.4. The molecule has 112 valence electrons. The van der Waals surface area contributed by atoms with Crippen molar-refractivity contribution in [3.63, 3.8) is 0 Å². The quantitative estimate of drug-likeness (QED) is 0.524. The Bertz CT molecular complexity index is 426. The molecule has 20 heavy (non-hydrogen) atoms. The predicted molar refractivity (Wildman–Crippen MR) is 80.2 cm³/mol. The van der Waals surface area contributed by atoms with E-state index in [0.29, 0.717) is 24.9 Å². The van der Waals surface area contributed by atoms with Gasteiger partial charge in [0.2, 0.25) is 0 Å². The molecule has 0 bridgehead atoms. The molecule has 0 spiro atoms. The van der Waals surface area contributed by atoms with Crippen LogP contribution in [0.5, 0.6) is 0 Å². The molecule has 6 heteroatoms. The van der Waals surface area contributed by atoms with E-state index < -0.39 is 0 Å². The SMILES string of the molecule is CCOCc1nc(NN)cc(NCC2CCC(C)C2)n1. The first kappa shape index (κ1) is 15.0. The van der Waals surface area contributed by atoms with E-state index in [0.717, 1.165) is 24.2 Å². The molecule has 1 aliphatic carbocycles. The van der Waals surface area contributed by atoms with Crippen molar-refractivity contribution in [1.82, 2.24) is 9.97 Å². The Kier molecular flexibility index (Phi) is 5.55. The third kappa shape index (κ3) is 4.31. The van der Waals surface area contributed by atoms with Gasteiger partial charge in [-0.3, -0.25) is 0 Å². The van der Waals surface area contributed by atoms with Gasteiger partial charge in [-0.25, -0.2) is 15.8 Å². The Labute approximate surface area is 120 Å². The van der Waals surface area contributed by atoms with Crippen LogP contribution in [0.1, 0.15) is 38.9 Å². The molecule has 6 nitrogen and oxygen atoms in total. The van der Waals surface area contributed by atoms with Gasteiger partial charge in [-0.05, 0) is 31.6 Å². The maximum Gasteiger partial charge on any atom is 0.158 e. The summed E-state index contributed by atoms with van der Waals surface area (Å²) in [7, 11) is 0. The lowest BCUT2D eigenvalue weighted by atomic mass is 10.1. The fraction of sp³-hybridized carbons (Fsp3) is 0.714. The normalized spacial score (nSPS) is 21.9. The highest BCUT2D eigenvalue weighted by Gasteiger charge is 2.21. The Morgan fingerprint density at radius 2 is 2.15 bits per heavy atom. The minimum atomic E-state index is 0.404. The Morgan fingerprint density at radius 1 is 1.35 bits per heavy atom. The fourth-order valence-electron chi connectivity index (χ4n) is 2.68. The minimum Gasteiger partial charge on any atom is -0.374 e. The second kappa shape index (κ2) is 7.40. The predicted octanol–water partition coefficient (Wildman–Crippen LogP) is 2.15. The largest absolute Gasteiger partial charge is 0.374 e.